The number of ether oxygens (including phenoxy) is 1. The first-order valence-corrected chi connectivity index (χ1v) is 9.68. The summed E-state index contributed by atoms with van der Waals surface area (Å²) in [5, 5.41) is 12.7. The molecule has 7 heteroatoms. The fourth-order valence-electron chi connectivity index (χ4n) is 4.60. The number of carbonyl (C=O) groups is 1. The number of pyridine rings is 1. The molecule has 1 aromatic carbocycles. The van der Waals surface area contributed by atoms with Crippen LogP contribution in [0.1, 0.15) is 27.2 Å². The number of fused-ring (bicyclic) bond motifs is 1. The van der Waals surface area contributed by atoms with Crippen LogP contribution >= 0.6 is 0 Å². The minimum absolute atomic E-state index is 0.0652. The second kappa shape index (κ2) is 7.45. The number of benzene rings is 1. The van der Waals surface area contributed by atoms with Gasteiger partial charge < -0.3 is 15.0 Å². The number of methoxy groups -OCH3 is 1. The van der Waals surface area contributed by atoms with Gasteiger partial charge in [0.05, 0.1) is 30.0 Å². The number of anilines is 1. The van der Waals surface area contributed by atoms with E-state index >= 15 is 0 Å². The van der Waals surface area contributed by atoms with Gasteiger partial charge in [-0.25, -0.2) is 9.37 Å². The van der Waals surface area contributed by atoms with Crippen molar-refractivity contribution in [2.75, 3.05) is 31.6 Å². The quantitative estimate of drug-likeness (QED) is 0.804. The number of rotatable bonds is 4. The Kier molecular flexibility index (Phi) is 4.97. The maximum absolute atomic E-state index is 14.7. The van der Waals surface area contributed by atoms with Crippen molar-refractivity contribution < 1.29 is 13.9 Å². The number of aromatic nitrogens is 1. The maximum atomic E-state index is 14.7. The molecule has 0 unspecified atom stereocenters. The number of halogens is 1. The summed E-state index contributed by atoms with van der Waals surface area (Å²) in [6.45, 7) is 5.88. The molecule has 2 aliphatic heterocycles. The van der Waals surface area contributed by atoms with E-state index in [0.29, 0.717) is 41.8 Å². The number of carbonyl (C=O) groups excluding carboxylic acids is 1. The second-order valence-corrected chi connectivity index (χ2v) is 7.76. The number of nitriles is 1. The standard InChI is InChI=1S/C22H23FN4O2/c1-12-6-20(26-13(2)17(12)8-24)27-11-14-9-25-10-18(14)21(27)22(28)16-5-4-15(29-3)7-19(16)23/h4-7,14,18,21,25H,9-11H2,1-3H3/t14-,18+,21-/m0/s1. The van der Waals surface area contributed by atoms with E-state index in [1.807, 2.05) is 17.9 Å². The van der Waals surface area contributed by atoms with Gasteiger partial charge in [-0.2, -0.15) is 5.26 Å². The van der Waals surface area contributed by atoms with E-state index in [1.165, 1.54) is 19.2 Å². The van der Waals surface area contributed by atoms with Crippen molar-refractivity contribution in [1.29, 1.82) is 5.26 Å². The van der Waals surface area contributed by atoms with Gasteiger partial charge in [0.1, 0.15) is 23.5 Å². The van der Waals surface area contributed by atoms with Crippen LogP contribution in [0.2, 0.25) is 0 Å². The molecule has 150 valence electrons. The molecule has 0 saturated carbocycles. The summed E-state index contributed by atoms with van der Waals surface area (Å²) < 4.78 is 19.7. The molecule has 0 spiro atoms. The topological polar surface area (TPSA) is 78.2 Å². The normalized spacial score (nSPS) is 23.0. The summed E-state index contributed by atoms with van der Waals surface area (Å²) in [6.07, 6.45) is 0. The van der Waals surface area contributed by atoms with E-state index in [2.05, 4.69) is 16.4 Å². The van der Waals surface area contributed by atoms with Crippen molar-refractivity contribution in [3.05, 3.63) is 52.5 Å². The van der Waals surface area contributed by atoms with Crippen LogP contribution in [-0.4, -0.2) is 43.6 Å². The Bertz CT molecular complexity index is 993. The maximum Gasteiger partial charge on any atom is 0.188 e. The summed E-state index contributed by atoms with van der Waals surface area (Å²) in [7, 11) is 1.46. The zero-order valence-corrected chi connectivity index (χ0v) is 16.7. The van der Waals surface area contributed by atoms with Crippen LogP contribution in [0.5, 0.6) is 5.75 Å². The van der Waals surface area contributed by atoms with E-state index in [1.54, 1.807) is 13.0 Å². The zero-order chi connectivity index (χ0) is 20.7. The molecule has 2 aliphatic rings. The predicted molar refractivity (Wildman–Crippen MR) is 107 cm³/mol. The Balaban J connectivity index is 1.75. The third-order valence-corrected chi connectivity index (χ3v) is 6.07. The van der Waals surface area contributed by atoms with Gasteiger partial charge in [-0.15, -0.1) is 0 Å². The average molecular weight is 394 g/mol. The lowest BCUT2D eigenvalue weighted by atomic mass is 9.89. The number of hydrogen-bond donors (Lipinski definition) is 1. The van der Waals surface area contributed by atoms with Crippen molar-refractivity contribution in [3.63, 3.8) is 0 Å². The minimum atomic E-state index is -0.580. The molecule has 3 heterocycles. The molecule has 2 fully saturated rings. The molecular weight excluding hydrogens is 371 g/mol. The molecule has 0 aliphatic carbocycles. The molecule has 3 atom stereocenters. The molecule has 29 heavy (non-hydrogen) atoms. The molecule has 1 aromatic heterocycles. The molecular formula is C22H23FN4O2. The number of Topliss-reactive ketones (excluding diaryl/α,β-unsaturated/α-hetero) is 1. The molecule has 0 amide bonds. The number of nitrogens with one attached hydrogen (secondary N) is 1. The summed E-state index contributed by atoms with van der Waals surface area (Å²) in [6, 6.07) is 7.87. The second-order valence-electron chi connectivity index (χ2n) is 7.76. The molecule has 1 N–H and O–H groups in total. The van der Waals surface area contributed by atoms with Gasteiger partial charge >= 0.3 is 0 Å². The van der Waals surface area contributed by atoms with Gasteiger partial charge in [0, 0.05) is 31.6 Å². The third kappa shape index (κ3) is 3.23. The van der Waals surface area contributed by atoms with Gasteiger partial charge in [0.25, 0.3) is 0 Å². The molecule has 2 aromatic rings. The molecule has 4 rings (SSSR count). The highest BCUT2D eigenvalue weighted by molar-refractivity contribution is 6.03. The lowest BCUT2D eigenvalue weighted by molar-refractivity contribution is 0.0937. The van der Waals surface area contributed by atoms with Crippen LogP contribution in [0.3, 0.4) is 0 Å². The SMILES string of the molecule is COc1ccc(C(=O)[C@@H]2[C@@H]3CNC[C@H]3CN2c2cc(C)c(C#N)c(C)n2)c(F)c1. The lowest BCUT2D eigenvalue weighted by Crippen LogP contribution is -2.42. The summed E-state index contributed by atoms with van der Waals surface area (Å²) in [5.41, 5.74) is 2.08. The van der Waals surface area contributed by atoms with Crippen LogP contribution in [0.4, 0.5) is 10.2 Å². The summed E-state index contributed by atoms with van der Waals surface area (Å²) in [5.74, 6) is 0.598. The number of hydrogen-bond acceptors (Lipinski definition) is 6. The fraction of sp³-hybridized carbons (Fsp3) is 0.409. The van der Waals surface area contributed by atoms with Crippen molar-refractivity contribution in [2.24, 2.45) is 11.8 Å². The first-order chi connectivity index (χ1) is 13.9. The van der Waals surface area contributed by atoms with E-state index < -0.39 is 11.9 Å². The third-order valence-electron chi connectivity index (χ3n) is 6.07. The van der Waals surface area contributed by atoms with Crippen LogP contribution in [0, 0.1) is 42.8 Å². The highest BCUT2D eigenvalue weighted by Gasteiger charge is 2.48. The molecule has 0 radical (unpaired) electrons. The number of nitrogens with zero attached hydrogens (tertiary/aromatic N) is 3. The highest BCUT2D eigenvalue weighted by atomic mass is 19.1. The Labute approximate surface area is 169 Å². The number of aryl methyl sites for hydroxylation is 2. The van der Waals surface area contributed by atoms with Crippen molar-refractivity contribution >= 4 is 11.6 Å². The fourth-order valence-corrected chi connectivity index (χ4v) is 4.60. The Hall–Kier alpha value is -2.98. The first-order valence-electron chi connectivity index (χ1n) is 9.68. The Morgan fingerprint density at radius 2 is 2.14 bits per heavy atom. The van der Waals surface area contributed by atoms with Crippen LogP contribution in [0.25, 0.3) is 0 Å². The van der Waals surface area contributed by atoms with E-state index in [9.17, 15) is 14.4 Å². The smallest absolute Gasteiger partial charge is 0.188 e. The Morgan fingerprint density at radius 3 is 2.79 bits per heavy atom. The van der Waals surface area contributed by atoms with Crippen molar-refractivity contribution in [1.82, 2.24) is 10.3 Å². The predicted octanol–water partition coefficient (Wildman–Crippen LogP) is 2.62. The van der Waals surface area contributed by atoms with Crippen LogP contribution in [0.15, 0.2) is 24.3 Å². The average Bonchev–Trinajstić information content (AvgIpc) is 3.28. The van der Waals surface area contributed by atoms with E-state index in [-0.39, 0.29) is 17.3 Å². The first kappa shape index (κ1) is 19.3. The monoisotopic (exact) mass is 394 g/mol. The van der Waals surface area contributed by atoms with Gasteiger partial charge in [0.2, 0.25) is 0 Å². The highest BCUT2D eigenvalue weighted by Crippen LogP contribution is 2.38. The summed E-state index contributed by atoms with van der Waals surface area (Å²) in [4.78, 5) is 20.1. The van der Waals surface area contributed by atoms with Gasteiger partial charge in [-0.1, -0.05) is 0 Å². The molecule has 6 nitrogen and oxygen atoms in total. The largest absolute Gasteiger partial charge is 0.497 e. The molecule has 2 saturated heterocycles. The van der Waals surface area contributed by atoms with Crippen LogP contribution in [-0.2, 0) is 0 Å². The summed E-state index contributed by atoms with van der Waals surface area (Å²) >= 11 is 0. The van der Waals surface area contributed by atoms with E-state index in [4.69, 9.17) is 4.74 Å². The molecule has 0 bridgehead atoms. The van der Waals surface area contributed by atoms with Crippen molar-refractivity contribution in [2.45, 2.75) is 19.9 Å². The minimum Gasteiger partial charge on any atom is -0.497 e. The van der Waals surface area contributed by atoms with Gasteiger partial charge in [-0.05, 0) is 43.5 Å². The van der Waals surface area contributed by atoms with Gasteiger partial charge in [0.15, 0.2) is 5.78 Å². The van der Waals surface area contributed by atoms with Crippen molar-refractivity contribution in [3.8, 4) is 11.8 Å². The van der Waals surface area contributed by atoms with E-state index in [0.717, 1.165) is 12.1 Å². The number of ketones is 1. The van der Waals surface area contributed by atoms with Crippen LogP contribution < -0.4 is 15.0 Å². The van der Waals surface area contributed by atoms with Gasteiger partial charge in [-0.3, -0.25) is 4.79 Å². The Morgan fingerprint density at radius 1 is 1.34 bits per heavy atom. The lowest BCUT2D eigenvalue weighted by Gasteiger charge is -2.28. The zero-order valence-electron chi connectivity index (χ0n) is 16.7.